The number of nitrogens with two attached hydrogens (primary N) is 1. The molecule has 3 rings (SSSR count). The van der Waals surface area contributed by atoms with Crippen molar-refractivity contribution in [3.05, 3.63) is 70.5 Å². The van der Waals surface area contributed by atoms with Gasteiger partial charge in [0, 0.05) is 37.5 Å². The highest BCUT2D eigenvalue weighted by Crippen LogP contribution is 2.31. The minimum Gasteiger partial charge on any atom is -0.478 e. The lowest BCUT2D eigenvalue weighted by Gasteiger charge is -2.36. The summed E-state index contributed by atoms with van der Waals surface area (Å²) in [7, 11) is 0. The van der Waals surface area contributed by atoms with E-state index in [-0.39, 0.29) is 30.0 Å². The van der Waals surface area contributed by atoms with Crippen LogP contribution in [-0.4, -0.2) is 41.0 Å². The number of halogens is 3. The maximum Gasteiger partial charge on any atom is 0.335 e. The second kappa shape index (κ2) is 8.02. The number of hydrogen-bond donors (Lipinski definition) is 2. The van der Waals surface area contributed by atoms with Crippen molar-refractivity contribution in [2.75, 3.05) is 13.1 Å². The highest BCUT2D eigenvalue weighted by Gasteiger charge is 2.34. The normalized spacial score (nSPS) is 19.7. The zero-order valence-corrected chi connectivity index (χ0v) is 14.9. The third-order valence-corrected chi connectivity index (χ3v) is 4.98. The van der Waals surface area contributed by atoms with E-state index >= 15 is 0 Å². The van der Waals surface area contributed by atoms with E-state index < -0.39 is 35.4 Å². The molecule has 3 N–H and O–H groups in total. The molecule has 0 aliphatic carbocycles. The molecule has 2 aromatic rings. The number of benzene rings is 2. The average Bonchev–Trinajstić information content (AvgIpc) is 2.65. The van der Waals surface area contributed by atoms with Crippen LogP contribution in [0.5, 0.6) is 0 Å². The lowest BCUT2D eigenvalue weighted by atomic mass is 9.84. The Morgan fingerprint density at radius 1 is 1.14 bits per heavy atom. The summed E-state index contributed by atoms with van der Waals surface area (Å²) in [5.74, 6) is -5.45. The Kier molecular flexibility index (Phi) is 5.69. The molecule has 1 saturated heterocycles. The number of aromatic carboxylic acids is 1. The molecule has 0 saturated carbocycles. The van der Waals surface area contributed by atoms with E-state index in [0.29, 0.717) is 19.0 Å². The molecule has 1 amide bonds. The van der Waals surface area contributed by atoms with Gasteiger partial charge in [-0.2, -0.15) is 0 Å². The van der Waals surface area contributed by atoms with E-state index in [1.807, 2.05) is 0 Å². The van der Waals surface area contributed by atoms with E-state index in [2.05, 4.69) is 0 Å². The topological polar surface area (TPSA) is 83.6 Å². The van der Waals surface area contributed by atoms with Gasteiger partial charge >= 0.3 is 5.97 Å². The van der Waals surface area contributed by atoms with Crippen molar-refractivity contribution < 1.29 is 27.9 Å². The molecule has 0 aromatic heterocycles. The number of carboxylic acids is 1. The van der Waals surface area contributed by atoms with E-state index in [1.165, 1.54) is 17.0 Å². The molecule has 1 aliphatic heterocycles. The monoisotopic (exact) mass is 392 g/mol. The predicted octanol–water partition coefficient (Wildman–Crippen LogP) is 2.69. The minimum atomic E-state index is -1.29. The van der Waals surface area contributed by atoms with Gasteiger partial charge in [-0.15, -0.1) is 0 Å². The van der Waals surface area contributed by atoms with Gasteiger partial charge in [-0.1, -0.05) is 12.1 Å². The summed E-state index contributed by atoms with van der Waals surface area (Å²) < 4.78 is 40.7. The molecule has 1 heterocycles. The van der Waals surface area contributed by atoms with E-state index in [0.717, 1.165) is 11.6 Å². The lowest BCUT2D eigenvalue weighted by Crippen LogP contribution is -2.51. The molecule has 2 atom stereocenters. The highest BCUT2D eigenvalue weighted by molar-refractivity contribution is 5.87. The summed E-state index contributed by atoms with van der Waals surface area (Å²) in [6.45, 7) is 0.461. The number of carbonyl (C=O) groups is 2. The number of hydrogen-bond acceptors (Lipinski definition) is 3. The van der Waals surface area contributed by atoms with Crippen LogP contribution in [0.15, 0.2) is 36.4 Å². The Morgan fingerprint density at radius 3 is 2.57 bits per heavy atom. The number of carboxylic acid groups (broad SMARTS) is 1. The Bertz CT molecular complexity index is 920. The zero-order chi connectivity index (χ0) is 20.4. The van der Waals surface area contributed by atoms with Gasteiger partial charge in [-0.3, -0.25) is 4.79 Å². The smallest absolute Gasteiger partial charge is 0.335 e. The first kappa shape index (κ1) is 19.9. The van der Waals surface area contributed by atoms with Gasteiger partial charge < -0.3 is 15.7 Å². The molecule has 0 unspecified atom stereocenters. The molecular weight excluding hydrogens is 373 g/mol. The summed E-state index contributed by atoms with van der Waals surface area (Å²) in [4.78, 5) is 25.0. The van der Waals surface area contributed by atoms with Crippen LogP contribution in [0, 0.1) is 17.5 Å². The van der Waals surface area contributed by atoms with Gasteiger partial charge in [0.2, 0.25) is 5.91 Å². The second-order valence-electron chi connectivity index (χ2n) is 6.86. The van der Waals surface area contributed by atoms with E-state index in [1.54, 1.807) is 12.1 Å². The molecule has 148 valence electrons. The molecule has 28 heavy (non-hydrogen) atoms. The fraction of sp³-hybridized carbons (Fsp3) is 0.300. The first-order chi connectivity index (χ1) is 13.3. The predicted molar refractivity (Wildman–Crippen MR) is 95.3 cm³/mol. The molecule has 1 aliphatic rings. The van der Waals surface area contributed by atoms with Crippen molar-refractivity contribution >= 4 is 11.9 Å². The molecule has 5 nitrogen and oxygen atoms in total. The minimum absolute atomic E-state index is 0.103. The van der Waals surface area contributed by atoms with Gasteiger partial charge in [-0.25, -0.2) is 18.0 Å². The average molecular weight is 392 g/mol. The van der Waals surface area contributed by atoms with Crippen molar-refractivity contribution in [3.63, 3.8) is 0 Å². The van der Waals surface area contributed by atoms with Crippen LogP contribution < -0.4 is 5.73 Å². The summed E-state index contributed by atoms with van der Waals surface area (Å²) >= 11 is 0. The second-order valence-corrected chi connectivity index (χ2v) is 6.86. The molecular formula is C20H19F3N2O3. The number of amides is 1. The van der Waals surface area contributed by atoms with Gasteiger partial charge in [0.05, 0.1) is 5.56 Å². The van der Waals surface area contributed by atoms with Crippen LogP contribution in [-0.2, 0) is 11.2 Å². The van der Waals surface area contributed by atoms with Crippen molar-refractivity contribution in [1.29, 1.82) is 0 Å². The maximum atomic E-state index is 14.0. The number of likely N-dealkylation sites (tertiary alicyclic amines) is 1. The Morgan fingerprint density at radius 2 is 1.86 bits per heavy atom. The molecule has 1 fully saturated rings. The molecule has 0 bridgehead atoms. The van der Waals surface area contributed by atoms with Crippen LogP contribution in [0.25, 0.3) is 0 Å². The number of nitrogens with zero attached hydrogens (tertiary/aromatic N) is 1. The van der Waals surface area contributed by atoms with E-state index in [4.69, 9.17) is 10.8 Å². The van der Waals surface area contributed by atoms with Crippen LogP contribution in [0.3, 0.4) is 0 Å². The fourth-order valence-corrected chi connectivity index (χ4v) is 3.45. The molecule has 2 aromatic carbocycles. The Hall–Kier alpha value is -2.87. The Balaban J connectivity index is 1.68. The maximum absolute atomic E-state index is 14.0. The summed E-state index contributed by atoms with van der Waals surface area (Å²) in [6.07, 6.45) is 0.322. The van der Waals surface area contributed by atoms with Crippen molar-refractivity contribution in [3.8, 4) is 0 Å². The van der Waals surface area contributed by atoms with Gasteiger partial charge in [0.1, 0.15) is 5.82 Å². The van der Waals surface area contributed by atoms with Crippen LogP contribution in [0.4, 0.5) is 13.2 Å². The van der Waals surface area contributed by atoms with Crippen molar-refractivity contribution in [1.82, 2.24) is 4.90 Å². The number of carbonyl (C=O) groups excluding carboxylic acids is 1. The fourth-order valence-electron chi connectivity index (χ4n) is 3.45. The summed E-state index contributed by atoms with van der Waals surface area (Å²) in [5, 5.41) is 9.04. The first-order valence-electron chi connectivity index (χ1n) is 8.76. The third-order valence-electron chi connectivity index (χ3n) is 4.98. The Labute approximate surface area is 159 Å². The van der Waals surface area contributed by atoms with Crippen LogP contribution >= 0.6 is 0 Å². The van der Waals surface area contributed by atoms with E-state index in [9.17, 15) is 22.8 Å². The molecule has 0 spiro atoms. The van der Waals surface area contributed by atoms with Crippen molar-refractivity contribution in [2.24, 2.45) is 5.73 Å². The summed E-state index contributed by atoms with van der Waals surface area (Å²) in [6, 6.07) is 7.00. The summed E-state index contributed by atoms with van der Waals surface area (Å²) in [5.41, 5.74) is 6.92. The molecule has 8 heteroatoms. The van der Waals surface area contributed by atoms with Crippen molar-refractivity contribution in [2.45, 2.75) is 24.8 Å². The number of rotatable bonds is 5. The third kappa shape index (κ3) is 4.17. The lowest BCUT2D eigenvalue weighted by molar-refractivity contribution is -0.134. The zero-order valence-electron chi connectivity index (χ0n) is 14.9. The number of piperidine rings is 1. The quantitative estimate of drug-likeness (QED) is 0.767. The highest BCUT2D eigenvalue weighted by atomic mass is 19.2. The van der Waals surface area contributed by atoms with Gasteiger partial charge in [-0.05, 0) is 35.7 Å². The van der Waals surface area contributed by atoms with Crippen LogP contribution in [0.1, 0.15) is 33.8 Å². The SMILES string of the molecule is N[C@H]1CN(CCc2cccc(C(=O)O)c2)C(=O)C[C@@H]1c1cc(F)c(F)cc1F. The van der Waals surface area contributed by atoms with Crippen LogP contribution in [0.2, 0.25) is 0 Å². The largest absolute Gasteiger partial charge is 0.478 e. The standard InChI is InChI=1S/C20H19F3N2O3/c21-15-9-17(23)16(22)7-13(15)14-8-19(26)25(10-18(14)24)5-4-11-2-1-3-12(6-11)20(27)28/h1-3,6-7,9,14,18H,4-5,8,10,24H2,(H,27,28)/t14-,18+/m1/s1. The molecule has 0 radical (unpaired) electrons. The van der Waals surface area contributed by atoms with Gasteiger partial charge in [0.25, 0.3) is 0 Å². The van der Waals surface area contributed by atoms with Gasteiger partial charge in [0.15, 0.2) is 11.6 Å². The first-order valence-corrected chi connectivity index (χ1v) is 8.76.